The number of rotatable bonds is 3. The summed E-state index contributed by atoms with van der Waals surface area (Å²) in [5.74, 6) is 3.74. The standard InChI is InChI=1S/C48H28B2O2S2/c1-3-13-29(14-4-1)31-23-41-48-45(25-31)53-43-22-12-10-20-36(43)50(48)37-27-38-44(28-40(37)52-41)54-46-26-32(34-18-8-7-17-33(34)30-15-5-2-6-16-30)24-42-47(46)49(38)35-19-9-11-21-39(35)51-42/h1-28H. The van der Waals surface area contributed by atoms with Gasteiger partial charge in [0, 0.05) is 19.6 Å². The monoisotopic (exact) mass is 722 g/mol. The van der Waals surface area contributed by atoms with Crippen LogP contribution in [0.25, 0.3) is 33.4 Å². The highest BCUT2D eigenvalue weighted by Gasteiger charge is 2.44. The van der Waals surface area contributed by atoms with Crippen molar-refractivity contribution in [3.63, 3.8) is 0 Å². The van der Waals surface area contributed by atoms with Gasteiger partial charge in [0.1, 0.15) is 23.0 Å². The second-order valence-electron chi connectivity index (χ2n) is 14.3. The average molecular weight is 723 g/mol. The summed E-state index contributed by atoms with van der Waals surface area (Å²) in [4.78, 5) is 5.02. The summed E-state index contributed by atoms with van der Waals surface area (Å²) >= 11 is 3.69. The third-order valence-corrected chi connectivity index (χ3v) is 13.6. The van der Waals surface area contributed by atoms with Crippen LogP contribution in [-0.2, 0) is 0 Å². The van der Waals surface area contributed by atoms with Crippen molar-refractivity contribution >= 4 is 69.7 Å². The zero-order chi connectivity index (χ0) is 35.3. The van der Waals surface area contributed by atoms with Gasteiger partial charge in [0.15, 0.2) is 0 Å². The van der Waals surface area contributed by atoms with E-state index in [1.165, 1.54) is 80.2 Å². The Labute approximate surface area is 323 Å². The molecule has 0 radical (unpaired) electrons. The van der Waals surface area contributed by atoms with E-state index in [9.17, 15) is 0 Å². The molecule has 8 aromatic carbocycles. The van der Waals surface area contributed by atoms with E-state index in [-0.39, 0.29) is 13.4 Å². The SMILES string of the molecule is c1ccc(-c2cc3c4c(c2)Sc2ccccc2B4c2cc4c(cc2O3)Sc2cc(-c3ccccc3-c3ccccc3)cc3c2B4c2ccccc2O3)cc1. The lowest BCUT2D eigenvalue weighted by molar-refractivity contribution is 0.485. The molecule has 4 aliphatic heterocycles. The molecular formula is C48H28B2O2S2. The molecule has 54 heavy (non-hydrogen) atoms. The number of hydrogen-bond acceptors (Lipinski definition) is 4. The minimum atomic E-state index is 0.0365. The molecule has 8 aromatic rings. The highest BCUT2D eigenvalue weighted by molar-refractivity contribution is 8.00. The van der Waals surface area contributed by atoms with E-state index in [0.29, 0.717) is 0 Å². The Morgan fingerprint density at radius 3 is 1.65 bits per heavy atom. The number of ether oxygens (including phenoxy) is 2. The average Bonchev–Trinajstić information content (AvgIpc) is 3.23. The largest absolute Gasteiger partial charge is 0.458 e. The van der Waals surface area contributed by atoms with Crippen molar-refractivity contribution in [2.45, 2.75) is 19.6 Å². The molecule has 0 bridgehead atoms. The molecule has 0 atom stereocenters. The molecule has 0 amide bonds. The summed E-state index contributed by atoms with van der Waals surface area (Å²) in [7, 11) is 0. The van der Waals surface area contributed by atoms with E-state index in [0.717, 1.165) is 28.6 Å². The molecule has 0 spiro atoms. The van der Waals surface area contributed by atoms with Crippen molar-refractivity contribution in [2.24, 2.45) is 0 Å². The van der Waals surface area contributed by atoms with Gasteiger partial charge in [0.2, 0.25) is 0 Å². The molecule has 0 unspecified atom stereocenters. The zero-order valence-corrected chi connectivity index (χ0v) is 30.6. The molecule has 0 fully saturated rings. The van der Waals surface area contributed by atoms with Crippen LogP contribution in [0.5, 0.6) is 23.0 Å². The van der Waals surface area contributed by atoms with Crippen LogP contribution in [0.3, 0.4) is 0 Å². The first-order chi connectivity index (χ1) is 26.7. The molecule has 0 aromatic heterocycles. The number of hydrogen-bond donors (Lipinski definition) is 0. The van der Waals surface area contributed by atoms with E-state index in [1.54, 1.807) is 0 Å². The van der Waals surface area contributed by atoms with Crippen LogP contribution in [0.15, 0.2) is 189 Å². The van der Waals surface area contributed by atoms with Gasteiger partial charge in [-0.15, -0.1) is 0 Å². The fraction of sp³-hybridized carbons (Fsp3) is 0. The molecular weight excluding hydrogens is 694 g/mol. The van der Waals surface area contributed by atoms with Gasteiger partial charge in [-0.05, 0) is 97.7 Å². The second kappa shape index (κ2) is 11.8. The van der Waals surface area contributed by atoms with Crippen molar-refractivity contribution in [3.8, 4) is 56.4 Å². The Morgan fingerprint density at radius 2 is 0.870 bits per heavy atom. The summed E-state index contributed by atoms with van der Waals surface area (Å²) in [5.41, 5.74) is 14.7. The maximum absolute atomic E-state index is 7.04. The highest BCUT2D eigenvalue weighted by atomic mass is 32.2. The normalized spacial score (nSPS) is 13.6. The van der Waals surface area contributed by atoms with Gasteiger partial charge >= 0.3 is 0 Å². The Hall–Kier alpha value is -5.81. The van der Waals surface area contributed by atoms with Crippen LogP contribution in [-0.4, -0.2) is 13.4 Å². The van der Waals surface area contributed by atoms with Gasteiger partial charge in [0.05, 0.1) is 0 Å². The summed E-state index contributed by atoms with van der Waals surface area (Å²) in [6.07, 6.45) is 0. The lowest BCUT2D eigenvalue weighted by Gasteiger charge is -2.37. The van der Waals surface area contributed by atoms with E-state index >= 15 is 0 Å². The summed E-state index contributed by atoms with van der Waals surface area (Å²) in [6.45, 7) is 0.110. The predicted molar refractivity (Wildman–Crippen MR) is 226 cm³/mol. The van der Waals surface area contributed by atoms with Crippen LogP contribution >= 0.6 is 23.5 Å². The number of benzene rings is 8. The van der Waals surface area contributed by atoms with E-state index in [4.69, 9.17) is 9.47 Å². The first-order valence-electron chi connectivity index (χ1n) is 18.4. The van der Waals surface area contributed by atoms with E-state index in [1.807, 2.05) is 23.5 Å². The summed E-state index contributed by atoms with van der Waals surface area (Å²) in [6, 6.07) is 61.5. The van der Waals surface area contributed by atoms with Gasteiger partial charge in [-0.3, -0.25) is 0 Å². The molecule has 0 saturated heterocycles. The van der Waals surface area contributed by atoms with Crippen LogP contribution in [0, 0.1) is 0 Å². The molecule has 6 heteroatoms. The topological polar surface area (TPSA) is 18.5 Å². The van der Waals surface area contributed by atoms with Gasteiger partial charge in [-0.1, -0.05) is 162 Å². The molecule has 2 nitrogen and oxygen atoms in total. The van der Waals surface area contributed by atoms with Gasteiger partial charge in [-0.25, -0.2) is 0 Å². The summed E-state index contributed by atoms with van der Waals surface area (Å²) in [5, 5.41) is 0. The molecule has 0 aliphatic carbocycles. The number of fused-ring (bicyclic) bond motifs is 8. The van der Waals surface area contributed by atoms with Gasteiger partial charge < -0.3 is 9.47 Å². The quantitative estimate of drug-likeness (QED) is 0.170. The third kappa shape index (κ3) is 4.60. The molecule has 4 aliphatic rings. The molecule has 0 N–H and O–H groups in total. The molecule has 0 saturated carbocycles. The fourth-order valence-electron chi connectivity index (χ4n) is 8.94. The smallest absolute Gasteiger partial charge is 0.253 e. The van der Waals surface area contributed by atoms with Crippen LogP contribution in [0.4, 0.5) is 0 Å². The minimum absolute atomic E-state index is 0.0365. The van der Waals surface area contributed by atoms with E-state index in [2.05, 4.69) is 170 Å². The van der Waals surface area contributed by atoms with Gasteiger partial charge in [0.25, 0.3) is 13.4 Å². The predicted octanol–water partition coefficient (Wildman–Crippen LogP) is 8.86. The van der Waals surface area contributed by atoms with Crippen molar-refractivity contribution in [1.82, 2.24) is 0 Å². The highest BCUT2D eigenvalue weighted by Crippen LogP contribution is 2.44. The summed E-state index contributed by atoms with van der Waals surface area (Å²) < 4.78 is 13.9. The Bertz CT molecular complexity index is 2860. The van der Waals surface area contributed by atoms with Crippen LogP contribution in [0.2, 0.25) is 0 Å². The minimum Gasteiger partial charge on any atom is -0.458 e. The first kappa shape index (κ1) is 30.6. The van der Waals surface area contributed by atoms with E-state index < -0.39 is 0 Å². The Kier molecular flexibility index (Phi) is 6.72. The van der Waals surface area contributed by atoms with Crippen molar-refractivity contribution in [3.05, 3.63) is 170 Å². The fourth-order valence-corrected chi connectivity index (χ4v) is 11.4. The molecule has 250 valence electrons. The van der Waals surface area contributed by atoms with Crippen LogP contribution in [0.1, 0.15) is 0 Å². The lowest BCUT2D eigenvalue weighted by Crippen LogP contribution is -2.62. The van der Waals surface area contributed by atoms with Crippen LogP contribution < -0.4 is 42.3 Å². The zero-order valence-electron chi connectivity index (χ0n) is 29.0. The Morgan fingerprint density at radius 1 is 0.315 bits per heavy atom. The lowest BCUT2D eigenvalue weighted by atomic mass is 9.32. The maximum atomic E-state index is 7.04. The maximum Gasteiger partial charge on any atom is 0.253 e. The van der Waals surface area contributed by atoms with Crippen molar-refractivity contribution in [1.29, 1.82) is 0 Å². The first-order valence-corrected chi connectivity index (χ1v) is 20.0. The third-order valence-electron chi connectivity index (χ3n) is 11.3. The van der Waals surface area contributed by atoms with Crippen molar-refractivity contribution in [2.75, 3.05) is 0 Å². The second-order valence-corrected chi connectivity index (χ2v) is 16.5. The number of para-hydroxylation sites is 1. The molecule has 12 rings (SSSR count). The van der Waals surface area contributed by atoms with Crippen molar-refractivity contribution < 1.29 is 9.47 Å². The molecule has 4 heterocycles. The van der Waals surface area contributed by atoms with Gasteiger partial charge in [-0.2, -0.15) is 0 Å². The Balaban J connectivity index is 1.06.